The first-order chi connectivity index (χ1) is 7.29. The monoisotopic (exact) mass is 220 g/mol. The van der Waals surface area contributed by atoms with Crippen molar-refractivity contribution in [1.82, 2.24) is 0 Å². The van der Waals surface area contributed by atoms with Crippen LogP contribution in [0.5, 0.6) is 0 Å². The molecule has 0 N–H and O–H groups in total. The minimum Gasteiger partial charge on any atom is -0.0843 e. The van der Waals surface area contributed by atoms with Crippen LogP contribution in [0.2, 0.25) is 10.8 Å². The third-order valence-corrected chi connectivity index (χ3v) is 3.77. The normalized spacial score (nSPS) is 16.9. The number of hydrogen-bond donors (Lipinski definition) is 0. The minimum absolute atomic E-state index is 0.877. The van der Waals surface area contributed by atoms with Gasteiger partial charge >= 0.3 is 0 Å². The smallest absolute Gasteiger partial charge is 0.0843 e. The summed E-state index contributed by atoms with van der Waals surface area (Å²) in [5.41, 5.74) is 2.96. The van der Waals surface area contributed by atoms with E-state index in [-0.39, 0.29) is 0 Å². The average molecular weight is 221 g/mol. The van der Waals surface area contributed by atoms with Crippen LogP contribution in [0.1, 0.15) is 38.2 Å². The lowest BCUT2D eigenvalue weighted by Gasteiger charge is -2.11. The molecule has 0 aromatic heterocycles. The quantitative estimate of drug-likeness (QED) is 0.686. The van der Waals surface area contributed by atoms with Gasteiger partial charge in [-0.3, -0.25) is 0 Å². The van der Waals surface area contributed by atoms with Crippen LogP contribution in [0.3, 0.4) is 0 Å². The highest BCUT2D eigenvalue weighted by molar-refractivity contribution is 6.55. The van der Waals surface area contributed by atoms with Gasteiger partial charge in [-0.25, -0.2) is 0 Å². The summed E-state index contributed by atoms with van der Waals surface area (Å²) in [6.07, 6.45) is 6.81. The van der Waals surface area contributed by atoms with Gasteiger partial charge in [0.2, 0.25) is 0 Å². The molecule has 1 fully saturated rings. The van der Waals surface area contributed by atoms with Gasteiger partial charge in [0.15, 0.2) is 7.28 Å². The van der Waals surface area contributed by atoms with Crippen molar-refractivity contribution in [2.75, 3.05) is 0 Å². The van der Waals surface area contributed by atoms with E-state index in [0.717, 1.165) is 17.3 Å². The molecule has 15 heavy (non-hydrogen) atoms. The Balaban J connectivity index is 2.12. The van der Waals surface area contributed by atoms with E-state index in [2.05, 4.69) is 19.1 Å². The Morgan fingerprint density at radius 2 is 2.07 bits per heavy atom. The molecule has 0 amide bonds. The number of benzene rings is 1. The molecule has 0 spiro atoms. The van der Waals surface area contributed by atoms with Crippen molar-refractivity contribution in [2.24, 2.45) is 0 Å². The number of hydrogen-bond acceptors (Lipinski definition) is 0. The molecule has 0 heterocycles. The van der Waals surface area contributed by atoms with Crippen LogP contribution >= 0.6 is 11.6 Å². The van der Waals surface area contributed by atoms with Gasteiger partial charge < -0.3 is 0 Å². The summed E-state index contributed by atoms with van der Waals surface area (Å²) in [4.78, 5) is 0. The second-order valence-corrected chi connectivity index (χ2v) is 5.06. The molecule has 0 unspecified atom stereocenters. The first kappa shape index (κ1) is 11.1. The number of halogens is 1. The molecule has 1 aromatic rings. The molecular formula is C13H18BCl. The van der Waals surface area contributed by atoms with Gasteiger partial charge in [0.1, 0.15) is 0 Å². The standard InChI is InChI=1S/C13H18BCl/c1-2-10-9-12(15)7-8-13(10)14-11-5-3-4-6-11/h7-9,11,14H,2-6H2,1H3. The van der Waals surface area contributed by atoms with Crippen molar-refractivity contribution in [3.05, 3.63) is 28.8 Å². The fraction of sp³-hybridized carbons (Fsp3) is 0.538. The maximum Gasteiger partial charge on any atom is 0.161 e. The topological polar surface area (TPSA) is 0 Å². The number of aryl methyl sites for hydroxylation is 1. The second kappa shape index (κ2) is 5.07. The van der Waals surface area contributed by atoms with E-state index in [1.54, 1.807) is 0 Å². The Bertz CT molecular complexity index is 329. The maximum absolute atomic E-state index is 6.01. The van der Waals surface area contributed by atoms with E-state index in [0.29, 0.717) is 0 Å². The van der Waals surface area contributed by atoms with Crippen LogP contribution in [-0.4, -0.2) is 7.28 Å². The van der Waals surface area contributed by atoms with Gasteiger partial charge in [-0.15, -0.1) is 0 Å². The second-order valence-electron chi connectivity index (χ2n) is 4.62. The zero-order valence-electron chi connectivity index (χ0n) is 9.43. The van der Waals surface area contributed by atoms with Gasteiger partial charge in [-0.2, -0.15) is 0 Å². The lowest BCUT2D eigenvalue weighted by atomic mass is 9.57. The molecular weight excluding hydrogens is 202 g/mol. The van der Waals surface area contributed by atoms with E-state index < -0.39 is 0 Å². The molecule has 0 bridgehead atoms. The van der Waals surface area contributed by atoms with Gasteiger partial charge in [-0.05, 0) is 18.6 Å². The van der Waals surface area contributed by atoms with Crippen LogP contribution in [0, 0.1) is 0 Å². The fourth-order valence-electron chi connectivity index (χ4n) is 2.65. The molecule has 0 nitrogen and oxygen atoms in total. The van der Waals surface area contributed by atoms with Crippen molar-refractivity contribution in [1.29, 1.82) is 0 Å². The zero-order valence-corrected chi connectivity index (χ0v) is 10.2. The molecule has 2 rings (SSSR count). The van der Waals surface area contributed by atoms with Crippen molar-refractivity contribution in [2.45, 2.75) is 44.8 Å². The molecule has 1 aromatic carbocycles. The molecule has 1 aliphatic carbocycles. The highest BCUT2D eigenvalue weighted by Crippen LogP contribution is 2.29. The van der Waals surface area contributed by atoms with Gasteiger partial charge in [0, 0.05) is 5.02 Å². The summed E-state index contributed by atoms with van der Waals surface area (Å²) < 4.78 is 0. The lowest BCUT2D eigenvalue weighted by molar-refractivity contribution is 0.872. The molecule has 0 atom stereocenters. The Morgan fingerprint density at radius 1 is 1.33 bits per heavy atom. The number of rotatable bonds is 3. The van der Waals surface area contributed by atoms with Crippen molar-refractivity contribution in [3.8, 4) is 0 Å². The molecule has 0 saturated heterocycles. The summed E-state index contributed by atoms with van der Waals surface area (Å²) in [7, 11) is 1.26. The maximum atomic E-state index is 6.01. The molecule has 1 aliphatic rings. The summed E-state index contributed by atoms with van der Waals surface area (Å²) in [5, 5.41) is 0.877. The van der Waals surface area contributed by atoms with E-state index >= 15 is 0 Å². The van der Waals surface area contributed by atoms with Gasteiger partial charge in [-0.1, -0.05) is 67.1 Å². The molecule has 80 valence electrons. The average Bonchev–Trinajstić information content (AvgIpc) is 2.73. The molecule has 2 heteroatoms. The Kier molecular flexibility index (Phi) is 3.74. The van der Waals surface area contributed by atoms with E-state index in [1.165, 1.54) is 44.0 Å². The summed E-state index contributed by atoms with van der Waals surface area (Å²) in [5.74, 6) is 0.927. The first-order valence-corrected chi connectivity index (χ1v) is 6.44. The third kappa shape index (κ3) is 2.78. The predicted octanol–water partition coefficient (Wildman–Crippen LogP) is 3.33. The highest BCUT2D eigenvalue weighted by atomic mass is 35.5. The van der Waals surface area contributed by atoms with Crippen LogP contribution in [0.25, 0.3) is 0 Å². The Hall–Kier alpha value is -0.425. The summed E-state index contributed by atoms with van der Waals surface area (Å²) in [6, 6.07) is 6.39. The first-order valence-electron chi connectivity index (χ1n) is 6.07. The molecule has 0 aliphatic heterocycles. The van der Waals surface area contributed by atoms with Crippen molar-refractivity contribution < 1.29 is 0 Å². The van der Waals surface area contributed by atoms with Gasteiger partial charge in [0.25, 0.3) is 0 Å². The third-order valence-electron chi connectivity index (χ3n) is 3.53. The molecule has 0 radical (unpaired) electrons. The molecule has 1 saturated carbocycles. The van der Waals surface area contributed by atoms with Crippen LogP contribution < -0.4 is 5.46 Å². The van der Waals surface area contributed by atoms with Crippen molar-refractivity contribution >= 4 is 24.3 Å². The SMILES string of the molecule is CCc1cc(Cl)ccc1BC1CCCC1. The Labute approximate surface area is 98.3 Å². The highest BCUT2D eigenvalue weighted by Gasteiger charge is 2.18. The zero-order chi connectivity index (χ0) is 10.7. The summed E-state index contributed by atoms with van der Waals surface area (Å²) >= 11 is 6.01. The van der Waals surface area contributed by atoms with E-state index in [1.807, 2.05) is 6.07 Å². The minimum atomic E-state index is 0.877. The van der Waals surface area contributed by atoms with Crippen molar-refractivity contribution in [3.63, 3.8) is 0 Å². The van der Waals surface area contributed by atoms with E-state index in [9.17, 15) is 0 Å². The summed E-state index contributed by atoms with van der Waals surface area (Å²) in [6.45, 7) is 2.21. The van der Waals surface area contributed by atoms with Crippen LogP contribution in [0.15, 0.2) is 18.2 Å². The predicted molar refractivity (Wildman–Crippen MR) is 69.8 cm³/mol. The van der Waals surface area contributed by atoms with Crippen LogP contribution in [-0.2, 0) is 6.42 Å². The van der Waals surface area contributed by atoms with Crippen LogP contribution in [0.4, 0.5) is 0 Å². The lowest BCUT2D eigenvalue weighted by Crippen LogP contribution is -2.22. The largest absolute Gasteiger partial charge is 0.161 e. The fourth-order valence-corrected chi connectivity index (χ4v) is 2.84. The van der Waals surface area contributed by atoms with E-state index in [4.69, 9.17) is 11.6 Å². The van der Waals surface area contributed by atoms with Gasteiger partial charge in [0.05, 0.1) is 0 Å². The Morgan fingerprint density at radius 3 is 2.73 bits per heavy atom.